The molecule has 0 radical (unpaired) electrons. The number of ketones is 1. The summed E-state index contributed by atoms with van der Waals surface area (Å²) in [5.74, 6) is 0.177. The van der Waals surface area contributed by atoms with Crippen LogP contribution in [0.4, 0.5) is 0 Å². The molecule has 2 nitrogen and oxygen atoms in total. The highest BCUT2D eigenvalue weighted by molar-refractivity contribution is 5.93. The second kappa shape index (κ2) is 2.70. The van der Waals surface area contributed by atoms with Gasteiger partial charge in [0.15, 0.2) is 5.78 Å². The van der Waals surface area contributed by atoms with Crippen LogP contribution in [0, 0.1) is 5.41 Å². The van der Waals surface area contributed by atoms with Crippen molar-refractivity contribution in [1.82, 2.24) is 0 Å². The molecular weight excluding hydrogens is 152 g/mol. The van der Waals surface area contributed by atoms with Crippen LogP contribution in [0.3, 0.4) is 0 Å². The fraction of sp³-hybridized carbons (Fsp3) is 0.700. The quantitative estimate of drug-likeness (QED) is 0.591. The van der Waals surface area contributed by atoms with Crippen LogP contribution in [0.25, 0.3) is 0 Å². The van der Waals surface area contributed by atoms with Crippen LogP contribution in [-0.4, -0.2) is 17.0 Å². The molecule has 0 amide bonds. The number of carbonyl (C=O) groups excluding carboxylic acids is 1. The average molecular weight is 166 g/mol. The van der Waals surface area contributed by atoms with E-state index in [0.29, 0.717) is 6.42 Å². The molecule has 2 heteroatoms. The lowest BCUT2D eigenvalue weighted by atomic mass is 9.71. The van der Waals surface area contributed by atoms with E-state index in [4.69, 9.17) is 0 Å². The van der Waals surface area contributed by atoms with Gasteiger partial charge in [0.25, 0.3) is 0 Å². The molecule has 0 aromatic rings. The van der Waals surface area contributed by atoms with Crippen LogP contribution in [-0.2, 0) is 4.79 Å². The zero-order valence-corrected chi connectivity index (χ0v) is 7.12. The van der Waals surface area contributed by atoms with E-state index >= 15 is 0 Å². The molecule has 2 rings (SSSR count). The van der Waals surface area contributed by atoms with E-state index in [9.17, 15) is 9.90 Å². The molecule has 0 aromatic carbocycles. The molecule has 1 saturated carbocycles. The van der Waals surface area contributed by atoms with Crippen molar-refractivity contribution in [3.8, 4) is 0 Å². The van der Waals surface area contributed by atoms with E-state index in [0.717, 1.165) is 25.7 Å². The SMILES string of the molecule is O=C1C=CC2(CCCCC2O)C1. The zero-order valence-electron chi connectivity index (χ0n) is 7.12. The second-order valence-corrected chi connectivity index (χ2v) is 3.97. The Bertz CT molecular complexity index is 232. The minimum absolute atomic E-state index is 0.171. The van der Waals surface area contributed by atoms with Crippen LogP contribution >= 0.6 is 0 Å². The molecule has 1 fully saturated rings. The highest BCUT2D eigenvalue weighted by atomic mass is 16.3. The summed E-state index contributed by atoms with van der Waals surface area (Å²) < 4.78 is 0. The molecule has 2 atom stereocenters. The fourth-order valence-electron chi connectivity index (χ4n) is 2.35. The number of rotatable bonds is 0. The predicted octanol–water partition coefficient (Wildman–Crippen LogP) is 1.44. The number of hydrogen-bond acceptors (Lipinski definition) is 2. The van der Waals surface area contributed by atoms with Crippen molar-refractivity contribution < 1.29 is 9.90 Å². The average Bonchev–Trinajstić information content (AvgIpc) is 2.41. The first-order valence-corrected chi connectivity index (χ1v) is 4.63. The van der Waals surface area contributed by atoms with Crippen molar-refractivity contribution in [3.05, 3.63) is 12.2 Å². The number of aliphatic hydroxyl groups is 1. The molecule has 0 heterocycles. The lowest BCUT2D eigenvalue weighted by Gasteiger charge is -2.36. The monoisotopic (exact) mass is 166 g/mol. The van der Waals surface area contributed by atoms with Crippen LogP contribution in [0.15, 0.2) is 12.2 Å². The van der Waals surface area contributed by atoms with Crippen LogP contribution < -0.4 is 0 Å². The second-order valence-electron chi connectivity index (χ2n) is 3.97. The summed E-state index contributed by atoms with van der Waals surface area (Å²) in [5.41, 5.74) is -0.171. The summed E-state index contributed by atoms with van der Waals surface area (Å²) in [5, 5.41) is 9.77. The number of aliphatic hydroxyl groups excluding tert-OH is 1. The van der Waals surface area contributed by atoms with Crippen molar-refractivity contribution in [2.45, 2.75) is 38.2 Å². The third-order valence-corrected chi connectivity index (χ3v) is 3.14. The van der Waals surface area contributed by atoms with Gasteiger partial charge in [-0.15, -0.1) is 0 Å². The Labute approximate surface area is 72.3 Å². The number of allylic oxidation sites excluding steroid dienone is 1. The molecule has 1 spiro atoms. The maximum atomic E-state index is 11.1. The lowest BCUT2D eigenvalue weighted by Crippen LogP contribution is -2.35. The van der Waals surface area contributed by atoms with E-state index in [2.05, 4.69) is 0 Å². The minimum atomic E-state index is -0.283. The Morgan fingerprint density at radius 1 is 1.50 bits per heavy atom. The van der Waals surface area contributed by atoms with Gasteiger partial charge in [-0.3, -0.25) is 4.79 Å². The van der Waals surface area contributed by atoms with Gasteiger partial charge in [0, 0.05) is 11.8 Å². The summed E-state index contributed by atoms with van der Waals surface area (Å²) in [6.07, 6.45) is 7.91. The van der Waals surface area contributed by atoms with Gasteiger partial charge in [0.2, 0.25) is 0 Å². The summed E-state index contributed by atoms with van der Waals surface area (Å²) in [4.78, 5) is 11.1. The molecule has 0 aromatic heterocycles. The smallest absolute Gasteiger partial charge is 0.156 e. The van der Waals surface area contributed by atoms with Gasteiger partial charge >= 0.3 is 0 Å². The van der Waals surface area contributed by atoms with Crippen molar-refractivity contribution in [1.29, 1.82) is 0 Å². The lowest BCUT2D eigenvalue weighted by molar-refractivity contribution is -0.117. The van der Waals surface area contributed by atoms with Crippen LogP contribution in [0.2, 0.25) is 0 Å². The van der Waals surface area contributed by atoms with Crippen molar-refractivity contribution in [3.63, 3.8) is 0 Å². The molecular formula is C10H14O2. The maximum absolute atomic E-state index is 11.1. The van der Waals surface area contributed by atoms with Crippen LogP contribution in [0.1, 0.15) is 32.1 Å². The van der Waals surface area contributed by atoms with Crippen molar-refractivity contribution in [2.24, 2.45) is 5.41 Å². The Kier molecular flexibility index (Phi) is 1.80. The Hall–Kier alpha value is -0.630. The van der Waals surface area contributed by atoms with Crippen molar-refractivity contribution >= 4 is 5.78 Å². The molecule has 2 aliphatic rings. The molecule has 0 aliphatic heterocycles. The standard InChI is InChI=1S/C10H14O2/c11-8-4-6-10(7-8)5-2-1-3-9(10)12/h4,6,9,12H,1-3,5,7H2. The molecule has 2 aliphatic carbocycles. The highest BCUT2D eigenvalue weighted by Crippen LogP contribution is 2.43. The minimum Gasteiger partial charge on any atom is -0.392 e. The normalized spacial score (nSPS) is 41.1. The van der Waals surface area contributed by atoms with Gasteiger partial charge in [-0.25, -0.2) is 0 Å². The van der Waals surface area contributed by atoms with E-state index in [-0.39, 0.29) is 17.3 Å². The molecule has 1 N–H and O–H groups in total. The topological polar surface area (TPSA) is 37.3 Å². The number of carbonyl (C=O) groups is 1. The van der Waals surface area contributed by atoms with Gasteiger partial charge in [0.05, 0.1) is 6.10 Å². The van der Waals surface area contributed by atoms with Gasteiger partial charge in [0.1, 0.15) is 0 Å². The van der Waals surface area contributed by atoms with Gasteiger partial charge in [-0.1, -0.05) is 18.9 Å². The maximum Gasteiger partial charge on any atom is 0.156 e. The third-order valence-electron chi connectivity index (χ3n) is 3.14. The Morgan fingerprint density at radius 2 is 2.33 bits per heavy atom. The van der Waals surface area contributed by atoms with E-state index in [1.807, 2.05) is 6.08 Å². The Balaban J connectivity index is 2.19. The zero-order chi connectivity index (χ0) is 8.60. The molecule has 0 saturated heterocycles. The number of hydrogen-bond donors (Lipinski definition) is 1. The summed E-state index contributed by atoms with van der Waals surface area (Å²) in [7, 11) is 0. The van der Waals surface area contributed by atoms with Gasteiger partial charge in [-0.05, 0) is 18.9 Å². The molecule has 2 unspecified atom stereocenters. The summed E-state index contributed by atoms with van der Waals surface area (Å²) in [6, 6.07) is 0. The Morgan fingerprint density at radius 3 is 2.92 bits per heavy atom. The molecule has 12 heavy (non-hydrogen) atoms. The van der Waals surface area contributed by atoms with Gasteiger partial charge < -0.3 is 5.11 Å². The summed E-state index contributed by atoms with van der Waals surface area (Å²) in [6.45, 7) is 0. The first kappa shape index (κ1) is 7.99. The van der Waals surface area contributed by atoms with E-state index in [1.165, 1.54) is 0 Å². The summed E-state index contributed by atoms with van der Waals surface area (Å²) >= 11 is 0. The van der Waals surface area contributed by atoms with Crippen LogP contribution in [0.5, 0.6) is 0 Å². The molecule has 66 valence electrons. The first-order valence-electron chi connectivity index (χ1n) is 4.63. The highest BCUT2D eigenvalue weighted by Gasteiger charge is 2.41. The van der Waals surface area contributed by atoms with E-state index < -0.39 is 0 Å². The van der Waals surface area contributed by atoms with Gasteiger partial charge in [-0.2, -0.15) is 0 Å². The first-order chi connectivity index (χ1) is 5.73. The largest absolute Gasteiger partial charge is 0.392 e. The molecule has 0 bridgehead atoms. The predicted molar refractivity (Wildman–Crippen MR) is 45.7 cm³/mol. The third kappa shape index (κ3) is 1.11. The fourth-order valence-corrected chi connectivity index (χ4v) is 2.35. The van der Waals surface area contributed by atoms with E-state index in [1.54, 1.807) is 6.08 Å². The van der Waals surface area contributed by atoms with Crippen molar-refractivity contribution in [2.75, 3.05) is 0 Å².